The highest BCUT2D eigenvalue weighted by Crippen LogP contribution is 2.42. The van der Waals surface area contributed by atoms with Gasteiger partial charge in [0.15, 0.2) is 11.5 Å². The molecule has 0 atom stereocenters. The first kappa shape index (κ1) is 18.7. The van der Waals surface area contributed by atoms with Gasteiger partial charge in [0.1, 0.15) is 17.2 Å². The maximum atomic E-state index is 12.9. The van der Waals surface area contributed by atoms with Gasteiger partial charge >= 0.3 is 0 Å². The van der Waals surface area contributed by atoms with Crippen molar-refractivity contribution in [1.82, 2.24) is 14.3 Å². The van der Waals surface area contributed by atoms with Gasteiger partial charge < -0.3 is 18.8 Å². The van der Waals surface area contributed by atoms with Crippen LogP contribution in [0.1, 0.15) is 18.2 Å². The molecule has 1 N–H and O–H groups in total. The van der Waals surface area contributed by atoms with E-state index in [-0.39, 0.29) is 18.2 Å². The number of hydrogen-bond donors (Lipinski definition) is 1. The summed E-state index contributed by atoms with van der Waals surface area (Å²) in [6.07, 6.45) is 1.70. The van der Waals surface area contributed by atoms with E-state index in [9.17, 15) is 8.42 Å². The molecule has 30 heavy (non-hydrogen) atoms. The quantitative estimate of drug-likeness (QED) is 0.675. The Labute approximate surface area is 173 Å². The normalized spacial score (nSPS) is 14.2. The molecular formula is C21H19N3O5S. The largest absolute Gasteiger partial charge is 0.455 e. The van der Waals surface area contributed by atoms with Gasteiger partial charge in [-0.25, -0.2) is 18.1 Å². The molecule has 0 unspecified atom stereocenters. The lowest BCUT2D eigenvalue weighted by Crippen LogP contribution is -2.23. The van der Waals surface area contributed by atoms with E-state index in [0.29, 0.717) is 40.8 Å². The lowest BCUT2D eigenvalue weighted by molar-refractivity contribution is 0.174. The molecule has 8 nitrogen and oxygen atoms in total. The van der Waals surface area contributed by atoms with Crippen LogP contribution in [0.5, 0.6) is 17.2 Å². The Morgan fingerprint density at radius 1 is 1.13 bits per heavy atom. The van der Waals surface area contributed by atoms with E-state index in [1.807, 2.05) is 11.5 Å². The lowest BCUT2D eigenvalue weighted by atomic mass is 10.1. The number of rotatable bonds is 5. The minimum Gasteiger partial charge on any atom is -0.455 e. The Morgan fingerprint density at radius 2 is 1.93 bits per heavy atom. The van der Waals surface area contributed by atoms with Gasteiger partial charge in [-0.05, 0) is 42.8 Å². The van der Waals surface area contributed by atoms with Gasteiger partial charge in [-0.1, -0.05) is 12.6 Å². The van der Waals surface area contributed by atoms with Crippen LogP contribution in [0.4, 0.5) is 0 Å². The third-order valence-electron chi connectivity index (χ3n) is 5.10. The topological polar surface area (TPSA) is 91.7 Å². The second-order valence-corrected chi connectivity index (χ2v) is 8.69. The van der Waals surface area contributed by atoms with Crippen LogP contribution < -0.4 is 18.9 Å². The molecule has 0 amide bonds. The van der Waals surface area contributed by atoms with E-state index in [0.717, 1.165) is 11.3 Å². The predicted octanol–water partition coefficient (Wildman–Crippen LogP) is 3.14. The fourth-order valence-electron chi connectivity index (χ4n) is 3.55. The van der Waals surface area contributed by atoms with Crippen LogP contribution in [0, 0.1) is 0 Å². The molecule has 3 heterocycles. The van der Waals surface area contributed by atoms with Gasteiger partial charge in [0, 0.05) is 18.7 Å². The van der Waals surface area contributed by atoms with Gasteiger partial charge in [-0.3, -0.25) is 0 Å². The van der Waals surface area contributed by atoms with E-state index in [1.54, 1.807) is 36.7 Å². The third kappa shape index (κ3) is 3.03. The van der Waals surface area contributed by atoms with Gasteiger partial charge in [0.05, 0.1) is 16.9 Å². The number of aryl methyl sites for hydroxylation is 1. The number of nitrogens with zero attached hydrogens (tertiary/aromatic N) is 2. The minimum absolute atomic E-state index is 0.126. The molecular weight excluding hydrogens is 406 g/mol. The summed E-state index contributed by atoms with van der Waals surface area (Å²) in [5.41, 5.74) is 2.86. The standard InChI is InChI=1S/C21H19N3O5S/c1-3-24-11-22-20-13(2)29-17-7-5-15(9-16(17)21(20)24)30(25,26)23-10-14-4-6-18-19(8-14)28-12-27-18/h4-9,11,23H,2-3,10,12H2,1H3. The molecule has 0 saturated carbocycles. The van der Waals surface area contributed by atoms with Crippen molar-refractivity contribution in [3.63, 3.8) is 0 Å². The molecule has 2 aliphatic rings. The van der Waals surface area contributed by atoms with Crippen molar-refractivity contribution in [1.29, 1.82) is 0 Å². The van der Waals surface area contributed by atoms with Crippen molar-refractivity contribution in [2.45, 2.75) is 24.9 Å². The zero-order valence-electron chi connectivity index (χ0n) is 16.2. The monoisotopic (exact) mass is 425 g/mol. The van der Waals surface area contributed by atoms with Crippen molar-refractivity contribution in [3.8, 4) is 28.5 Å². The number of ether oxygens (including phenoxy) is 3. The van der Waals surface area contributed by atoms with Crippen LogP contribution in [-0.4, -0.2) is 24.8 Å². The summed E-state index contributed by atoms with van der Waals surface area (Å²) in [4.78, 5) is 4.50. The Hall–Kier alpha value is -3.30. The third-order valence-corrected chi connectivity index (χ3v) is 6.49. The molecule has 3 aromatic rings. The second kappa shape index (κ2) is 6.89. The van der Waals surface area contributed by atoms with E-state index < -0.39 is 10.0 Å². The summed E-state index contributed by atoms with van der Waals surface area (Å²) in [6, 6.07) is 10.1. The molecule has 0 fully saturated rings. The fourth-order valence-corrected chi connectivity index (χ4v) is 4.60. The maximum Gasteiger partial charge on any atom is 0.240 e. The van der Waals surface area contributed by atoms with Crippen molar-refractivity contribution in [2.75, 3.05) is 6.79 Å². The van der Waals surface area contributed by atoms with Gasteiger partial charge in [0.2, 0.25) is 16.8 Å². The number of nitrogens with one attached hydrogen (secondary N) is 1. The highest BCUT2D eigenvalue weighted by atomic mass is 32.2. The molecule has 9 heteroatoms. The molecule has 0 saturated heterocycles. The fraction of sp³-hybridized carbons (Fsp3) is 0.190. The van der Waals surface area contributed by atoms with Crippen molar-refractivity contribution < 1.29 is 22.6 Å². The molecule has 2 aromatic carbocycles. The zero-order valence-corrected chi connectivity index (χ0v) is 17.0. The first-order valence-corrected chi connectivity index (χ1v) is 10.9. The SMILES string of the molecule is C=C1Oc2ccc(S(=O)(=O)NCc3ccc4c(c3)OCO4)cc2-c2c1ncn2CC. The number of benzene rings is 2. The highest BCUT2D eigenvalue weighted by molar-refractivity contribution is 7.89. The van der Waals surface area contributed by atoms with E-state index in [1.165, 1.54) is 6.07 Å². The smallest absolute Gasteiger partial charge is 0.240 e. The Balaban J connectivity index is 1.45. The molecule has 0 spiro atoms. The Morgan fingerprint density at radius 3 is 2.77 bits per heavy atom. The second-order valence-electron chi connectivity index (χ2n) is 6.92. The number of hydrogen-bond acceptors (Lipinski definition) is 6. The summed E-state index contributed by atoms with van der Waals surface area (Å²) < 4.78 is 46.8. The first-order chi connectivity index (χ1) is 14.5. The summed E-state index contributed by atoms with van der Waals surface area (Å²) in [6.45, 7) is 6.89. The van der Waals surface area contributed by atoms with Crippen molar-refractivity contribution in [3.05, 3.63) is 60.6 Å². The van der Waals surface area contributed by atoms with E-state index >= 15 is 0 Å². The van der Waals surface area contributed by atoms with Crippen LogP contribution in [0.2, 0.25) is 0 Å². The molecule has 5 rings (SSSR count). The molecule has 0 radical (unpaired) electrons. The lowest BCUT2D eigenvalue weighted by Gasteiger charge is -2.21. The molecule has 0 bridgehead atoms. The van der Waals surface area contributed by atoms with E-state index in [4.69, 9.17) is 14.2 Å². The van der Waals surface area contributed by atoms with Crippen LogP contribution in [0.25, 0.3) is 17.0 Å². The van der Waals surface area contributed by atoms with Crippen molar-refractivity contribution >= 4 is 15.8 Å². The molecule has 154 valence electrons. The minimum atomic E-state index is -3.75. The molecule has 1 aromatic heterocycles. The van der Waals surface area contributed by atoms with E-state index in [2.05, 4.69) is 16.3 Å². The Bertz CT molecular complexity index is 1280. The van der Waals surface area contributed by atoms with Crippen LogP contribution in [-0.2, 0) is 23.1 Å². The average molecular weight is 425 g/mol. The van der Waals surface area contributed by atoms with Gasteiger partial charge in [-0.2, -0.15) is 0 Å². The highest BCUT2D eigenvalue weighted by Gasteiger charge is 2.27. The van der Waals surface area contributed by atoms with Crippen LogP contribution in [0.3, 0.4) is 0 Å². The summed E-state index contributed by atoms with van der Waals surface area (Å²) in [5.74, 6) is 2.26. The van der Waals surface area contributed by atoms with Gasteiger partial charge in [-0.15, -0.1) is 0 Å². The zero-order chi connectivity index (χ0) is 20.9. The van der Waals surface area contributed by atoms with Crippen LogP contribution >= 0.6 is 0 Å². The summed E-state index contributed by atoms with van der Waals surface area (Å²) in [5, 5.41) is 0. The van der Waals surface area contributed by atoms with Crippen LogP contribution in [0.15, 0.2) is 54.2 Å². The number of fused-ring (bicyclic) bond motifs is 4. The molecule has 0 aliphatic carbocycles. The summed E-state index contributed by atoms with van der Waals surface area (Å²) in [7, 11) is -3.75. The predicted molar refractivity (Wildman–Crippen MR) is 110 cm³/mol. The number of imidazole rings is 1. The maximum absolute atomic E-state index is 12.9. The Kier molecular flexibility index (Phi) is 4.30. The number of aromatic nitrogens is 2. The average Bonchev–Trinajstić information content (AvgIpc) is 3.39. The van der Waals surface area contributed by atoms with Crippen molar-refractivity contribution in [2.24, 2.45) is 0 Å². The first-order valence-electron chi connectivity index (χ1n) is 9.41. The number of sulfonamides is 1. The summed E-state index contributed by atoms with van der Waals surface area (Å²) >= 11 is 0. The molecule has 2 aliphatic heterocycles. The van der Waals surface area contributed by atoms with Gasteiger partial charge in [0.25, 0.3) is 0 Å².